The van der Waals surface area contributed by atoms with E-state index < -0.39 is 0 Å². The van der Waals surface area contributed by atoms with Gasteiger partial charge in [-0.3, -0.25) is 19.0 Å². The van der Waals surface area contributed by atoms with Crippen molar-refractivity contribution >= 4 is 55.1 Å². The van der Waals surface area contributed by atoms with Gasteiger partial charge in [0.05, 0.1) is 21.3 Å². The van der Waals surface area contributed by atoms with Crippen LogP contribution in [0.25, 0.3) is 26.1 Å². The molecule has 1 aromatic carbocycles. The molecule has 0 bridgehead atoms. The van der Waals surface area contributed by atoms with Gasteiger partial charge in [0.25, 0.3) is 5.91 Å². The van der Waals surface area contributed by atoms with Gasteiger partial charge in [0.1, 0.15) is 16.0 Å². The second-order valence-corrected chi connectivity index (χ2v) is 11.3. The summed E-state index contributed by atoms with van der Waals surface area (Å²) in [6, 6.07) is 15.6. The van der Waals surface area contributed by atoms with Crippen LogP contribution in [-0.2, 0) is 5.75 Å². The van der Waals surface area contributed by atoms with E-state index in [0.29, 0.717) is 28.2 Å². The predicted octanol–water partition coefficient (Wildman–Crippen LogP) is 5.13. The average molecular weight is 542 g/mol. The van der Waals surface area contributed by atoms with Crippen LogP contribution in [0.3, 0.4) is 0 Å². The first-order valence-corrected chi connectivity index (χ1v) is 14.5. The van der Waals surface area contributed by atoms with Crippen LogP contribution >= 0.6 is 23.1 Å². The van der Waals surface area contributed by atoms with Gasteiger partial charge < -0.3 is 10.2 Å². The zero-order chi connectivity index (χ0) is 25.9. The number of fused-ring (bicyclic) bond motifs is 5. The van der Waals surface area contributed by atoms with Gasteiger partial charge in [-0.2, -0.15) is 0 Å². The smallest absolute Gasteiger partial charge is 0.258 e. The number of carbonyl (C=O) groups is 1. The second kappa shape index (κ2) is 11.1. The van der Waals surface area contributed by atoms with Gasteiger partial charge in [-0.25, -0.2) is 4.98 Å². The number of benzene rings is 1. The summed E-state index contributed by atoms with van der Waals surface area (Å²) in [5, 5.41) is 3.47. The Kier molecular flexibility index (Phi) is 7.22. The first-order valence-electron chi connectivity index (χ1n) is 12.7. The summed E-state index contributed by atoms with van der Waals surface area (Å²) in [5.74, 6) is 0.332. The summed E-state index contributed by atoms with van der Waals surface area (Å²) in [7, 11) is 0. The molecule has 1 aliphatic heterocycles. The molecule has 0 saturated carbocycles. The van der Waals surface area contributed by atoms with E-state index in [4.69, 9.17) is 4.98 Å². The van der Waals surface area contributed by atoms with Crippen molar-refractivity contribution < 1.29 is 4.79 Å². The third kappa shape index (κ3) is 4.97. The van der Waals surface area contributed by atoms with Crippen molar-refractivity contribution in [3.05, 3.63) is 94.6 Å². The van der Waals surface area contributed by atoms with Crippen molar-refractivity contribution in [2.24, 2.45) is 0 Å². The second-order valence-electron chi connectivity index (χ2n) is 9.21. The fraction of sp³-hybridized carbons (Fsp3) is 0.241. The van der Waals surface area contributed by atoms with Gasteiger partial charge in [-0.05, 0) is 43.2 Å². The van der Waals surface area contributed by atoms with Crippen LogP contribution in [0.15, 0.2) is 82.8 Å². The summed E-state index contributed by atoms with van der Waals surface area (Å²) in [6.07, 6.45) is 10.0. The van der Waals surface area contributed by atoms with Crippen LogP contribution < -0.4 is 10.7 Å². The van der Waals surface area contributed by atoms with E-state index >= 15 is 0 Å². The number of thiazole rings is 1. The molecule has 5 aromatic rings. The molecular weight excluding hydrogens is 514 g/mol. The maximum Gasteiger partial charge on any atom is 0.258 e. The number of amides is 1. The number of nitrogens with one attached hydrogen (secondary N) is 1. The van der Waals surface area contributed by atoms with Crippen molar-refractivity contribution in [3.8, 4) is 0 Å². The van der Waals surface area contributed by atoms with Gasteiger partial charge in [0, 0.05) is 49.2 Å². The number of pyridine rings is 3. The number of para-hydroxylation sites is 1. The summed E-state index contributed by atoms with van der Waals surface area (Å²) >= 11 is 3.02. The number of rotatable bonds is 7. The molecular formula is C29H27N5O2S2. The van der Waals surface area contributed by atoms with Crippen molar-refractivity contribution in [2.45, 2.75) is 23.5 Å². The minimum Gasteiger partial charge on any atom is -0.351 e. The lowest BCUT2D eigenvalue weighted by atomic mass is 10.1. The molecule has 38 heavy (non-hydrogen) atoms. The van der Waals surface area contributed by atoms with Crippen molar-refractivity contribution in [1.29, 1.82) is 0 Å². The monoisotopic (exact) mass is 541 g/mol. The van der Waals surface area contributed by atoms with Crippen molar-refractivity contribution in [1.82, 2.24) is 24.6 Å². The number of hydrogen-bond donors (Lipinski definition) is 1. The number of nitrogens with zero attached hydrogens (tertiary/aromatic N) is 4. The van der Waals surface area contributed by atoms with Crippen LogP contribution in [0, 0.1) is 0 Å². The van der Waals surface area contributed by atoms with Crippen LogP contribution in [0.1, 0.15) is 28.9 Å². The Bertz CT molecular complexity index is 1700. The standard InChI is InChI=1S/C29H27N5O2S2/c35-26-22-17-21(37-19-20-9-5-6-12-30-20)18-32-27(22)34-23-10-3-4-11-24(23)38-29(34)25(26)28(36)31-13-16-33-14-7-1-2-8-15-33/h1-6,9-12,17-18H,7-8,13-16,19H2,(H,31,36). The highest BCUT2D eigenvalue weighted by molar-refractivity contribution is 7.98. The third-order valence-corrected chi connectivity index (χ3v) is 8.84. The SMILES string of the molecule is O=C(NCCN1CCC=CCC1)c1c(=O)c2cc(SCc3ccccn3)cnc2n2c1sc1ccccc12. The highest BCUT2D eigenvalue weighted by Gasteiger charge is 2.23. The van der Waals surface area contributed by atoms with Gasteiger partial charge >= 0.3 is 0 Å². The predicted molar refractivity (Wildman–Crippen MR) is 155 cm³/mol. The summed E-state index contributed by atoms with van der Waals surface area (Å²) < 4.78 is 2.96. The van der Waals surface area contributed by atoms with Gasteiger partial charge in [0.15, 0.2) is 0 Å². The molecule has 192 valence electrons. The van der Waals surface area contributed by atoms with Gasteiger partial charge in [-0.15, -0.1) is 23.1 Å². The Labute approximate surface area is 228 Å². The minimum atomic E-state index is -0.333. The lowest BCUT2D eigenvalue weighted by Gasteiger charge is -2.19. The Morgan fingerprint density at radius 1 is 1.05 bits per heavy atom. The van der Waals surface area contributed by atoms with Crippen LogP contribution in [-0.4, -0.2) is 51.4 Å². The molecule has 9 heteroatoms. The molecule has 0 spiro atoms. The lowest BCUT2D eigenvalue weighted by Crippen LogP contribution is -2.37. The highest BCUT2D eigenvalue weighted by atomic mass is 32.2. The van der Waals surface area contributed by atoms with Crippen LogP contribution in [0.5, 0.6) is 0 Å². The number of thioether (sulfide) groups is 1. The Morgan fingerprint density at radius 2 is 1.87 bits per heavy atom. The molecule has 0 saturated heterocycles. The molecule has 1 N–H and O–H groups in total. The molecule has 5 heterocycles. The molecule has 0 unspecified atom stereocenters. The van der Waals surface area contributed by atoms with E-state index in [9.17, 15) is 9.59 Å². The van der Waals surface area contributed by atoms with E-state index in [2.05, 4.69) is 27.4 Å². The molecule has 1 amide bonds. The summed E-state index contributed by atoms with van der Waals surface area (Å²) in [5.41, 5.74) is 2.36. The first-order chi connectivity index (χ1) is 18.7. The van der Waals surface area contributed by atoms with E-state index in [0.717, 1.165) is 53.3 Å². The lowest BCUT2D eigenvalue weighted by molar-refractivity contribution is 0.0949. The summed E-state index contributed by atoms with van der Waals surface area (Å²) in [4.78, 5) is 40.3. The molecule has 0 fully saturated rings. The fourth-order valence-corrected chi connectivity index (χ4v) is 6.79. The largest absolute Gasteiger partial charge is 0.351 e. The highest BCUT2D eigenvalue weighted by Crippen LogP contribution is 2.32. The zero-order valence-electron chi connectivity index (χ0n) is 20.8. The zero-order valence-corrected chi connectivity index (χ0v) is 22.4. The third-order valence-electron chi connectivity index (χ3n) is 6.70. The Balaban J connectivity index is 1.37. The van der Waals surface area contributed by atoms with Crippen molar-refractivity contribution in [3.63, 3.8) is 0 Å². The topological polar surface area (TPSA) is 79.6 Å². The summed E-state index contributed by atoms with van der Waals surface area (Å²) in [6.45, 7) is 3.21. The molecule has 0 radical (unpaired) electrons. The van der Waals surface area contributed by atoms with Crippen molar-refractivity contribution in [2.75, 3.05) is 26.2 Å². The number of aromatic nitrogens is 3. The molecule has 6 rings (SSSR count). The van der Waals surface area contributed by atoms with Crippen LogP contribution in [0.2, 0.25) is 0 Å². The molecule has 4 aromatic heterocycles. The minimum absolute atomic E-state index is 0.185. The van der Waals surface area contributed by atoms with E-state index in [-0.39, 0.29) is 16.9 Å². The van der Waals surface area contributed by atoms with Gasteiger partial charge in [0.2, 0.25) is 5.43 Å². The number of carbonyl (C=O) groups excluding carboxylic acids is 1. The molecule has 7 nitrogen and oxygen atoms in total. The quantitative estimate of drug-likeness (QED) is 0.227. The molecule has 1 aliphatic rings. The van der Waals surface area contributed by atoms with E-state index in [1.54, 1.807) is 24.2 Å². The average Bonchev–Trinajstić information content (AvgIpc) is 3.13. The molecule has 0 aliphatic carbocycles. The Morgan fingerprint density at radius 3 is 2.68 bits per heavy atom. The maximum absolute atomic E-state index is 13.8. The van der Waals surface area contributed by atoms with E-state index in [1.807, 2.05) is 52.9 Å². The molecule has 0 atom stereocenters. The Hall–Kier alpha value is -3.53. The maximum atomic E-state index is 13.8. The normalized spacial score (nSPS) is 14.3. The number of hydrogen-bond acceptors (Lipinski definition) is 7. The fourth-order valence-electron chi connectivity index (χ4n) is 4.80. The van der Waals surface area contributed by atoms with E-state index in [1.165, 1.54) is 11.3 Å². The van der Waals surface area contributed by atoms with Crippen LogP contribution in [0.4, 0.5) is 0 Å². The van der Waals surface area contributed by atoms with Gasteiger partial charge in [-0.1, -0.05) is 30.4 Å². The first kappa shape index (κ1) is 24.8.